The highest BCUT2D eigenvalue weighted by Gasteiger charge is 2.12. The summed E-state index contributed by atoms with van der Waals surface area (Å²) < 4.78 is 15.8. The number of rotatable bonds is 8. The molecule has 27 heavy (non-hydrogen) atoms. The highest BCUT2D eigenvalue weighted by atomic mass is 35.5. The van der Waals surface area contributed by atoms with Gasteiger partial charge in [-0.25, -0.2) is 5.43 Å². The summed E-state index contributed by atoms with van der Waals surface area (Å²) in [5.74, 6) is 1.20. The molecule has 1 amide bonds. The number of ether oxygens (including phenoxy) is 3. The smallest absolute Gasteiger partial charge is 0.259 e. The summed E-state index contributed by atoms with van der Waals surface area (Å²) >= 11 is 6.06. The van der Waals surface area contributed by atoms with E-state index in [1.54, 1.807) is 18.2 Å². The van der Waals surface area contributed by atoms with E-state index in [1.165, 1.54) is 27.5 Å². The number of hydrogen-bond donors (Lipinski definition) is 2. The van der Waals surface area contributed by atoms with Crippen LogP contribution < -0.4 is 25.0 Å². The number of carbonyl (C=O) groups is 1. The molecule has 7 nitrogen and oxygen atoms in total. The number of nitrogens with one attached hydrogen (secondary N) is 2. The Morgan fingerprint density at radius 1 is 1.15 bits per heavy atom. The molecule has 0 saturated heterocycles. The predicted octanol–water partition coefficient (Wildman–Crippen LogP) is 3.24. The van der Waals surface area contributed by atoms with Crippen molar-refractivity contribution in [3.8, 4) is 17.2 Å². The van der Waals surface area contributed by atoms with E-state index in [9.17, 15) is 4.79 Å². The van der Waals surface area contributed by atoms with Crippen LogP contribution in [0.2, 0.25) is 5.02 Å². The molecule has 0 atom stereocenters. The number of halogens is 1. The first-order valence-corrected chi connectivity index (χ1v) is 8.48. The van der Waals surface area contributed by atoms with Gasteiger partial charge in [0.05, 0.1) is 34.1 Å². The average molecular weight is 392 g/mol. The maximum absolute atomic E-state index is 12.0. The monoisotopic (exact) mass is 391 g/mol. The van der Waals surface area contributed by atoms with E-state index in [0.717, 1.165) is 11.3 Å². The lowest BCUT2D eigenvalue weighted by atomic mass is 10.2. The van der Waals surface area contributed by atoms with Gasteiger partial charge in [-0.05, 0) is 36.8 Å². The van der Waals surface area contributed by atoms with Crippen molar-refractivity contribution in [2.24, 2.45) is 5.10 Å². The van der Waals surface area contributed by atoms with E-state index in [2.05, 4.69) is 15.8 Å². The lowest BCUT2D eigenvalue weighted by Crippen LogP contribution is -2.26. The van der Waals surface area contributed by atoms with E-state index >= 15 is 0 Å². The topological polar surface area (TPSA) is 81.2 Å². The molecule has 0 fully saturated rings. The number of methoxy groups -OCH3 is 3. The van der Waals surface area contributed by atoms with Crippen molar-refractivity contribution in [2.45, 2.75) is 6.92 Å². The fraction of sp³-hybridized carbons (Fsp3) is 0.263. The number of amides is 1. The Kier molecular flexibility index (Phi) is 7.31. The first-order chi connectivity index (χ1) is 13.0. The molecule has 2 aromatic rings. The fourth-order valence-electron chi connectivity index (χ4n) is 2.37. The zero-order valence-corrected chi connectivity index (χ0v) is 16.4. The van der Waals surface area contributed by atoms with E-state index in [4.69, 9.17) is 25.8 Å². The standard InChI is InChI=1S/C19H22ClN3O4/c1-12-14(20)6-5-7-15(12)21-11-18(24)23-22-10-13-8-16(25-2)19(27-4)17(9-13)26-3/h5-10,21H,11H2,1-4H3,(H,23,24)/b22-10+. The van der Waals surface area contributed by atoms with Crippen molar-refractivity contribution in [3.05, 3.63) is 46.5 Å². The van der Waals surface area contributed by atoms with Crippen molar-refractivity contribution in [1.29, 1.82) is 0 Å². The molecule has 144 valence electrons. The van der Waals surface area contributed by atoms with Gasteiger partial charge in [0.1, 0.15) is 0 Å². The molecule has 0 aliphatic carbocycles. The van der Waals surface area contributed by atoms with Crippen molar-refractivity contribution in [1.82, 2.24) is 5.43 Å². The third-order valence-corrected chi connectivity index (χ3v) is 4.21. The van der Waals surface area contributed by atoms with E-state index < -0.39 is 0 Å². The highest BCUT2D eigenvalue weighted by Crippen LogP contribution is 2.37. The van der Waals surface area contributed by atoms with Crippen LogP contribution >= 0.6 is 11.6 Å². The Morgan fingerprint density at radius 3 is 2.41 bits per heavy atom. The van der Waals surface area contributed by atoms with Crippen LogP contribution in [0.3, 0.4) is 0 Å². The molecular formula is C19H22ClN3O4. The van der Waals surface area contributed by atoms with Crippen molar-refractivity contribution in [2.75, 3.05) is 33.2 Å². The van der Waals surface area contributed by atoms with Crippen molar-refractivity contribution < 1.29 is 19.0 Å². The van der Waals surface area contributed by atoms with Gasteiger partial charge in [0.25, 0.3) is 5.91 Å². The minimum Gasteiger partial charge on any atom is -0.493 e. The summed E-state index contributed by atoms with van der Waals surface area (Å²) in [5, 5.41) is 7.62. The third-order valence-electron chi connectivity index (χ3n) is 3.80. The summed E-state index contributed by atoms with van der Waals surface area (Å²) in [6.45, 7) is 1.94. The van der Waals surface area contributed by atoms with Gasteiger partial charge < -0.3 is 19.5 Å². The van der Waals surface area contributed by atoms with Gasteiger partial charge in [-0.1, -0.05) is 17.7 Å². The molecule has 2 N–H and O–H groups in total. The number of carbonyl (C=O) groups excluding carboxylic acids is 1. The summed E-state index contributed by atoms with van der Waals surface area (Å²) in [6.07, 6.45) is 1.49. The van der Waals surface area contributed by atoms with Crippen LogP contribution in [-0.4, -0.2) is 40.0 Å². The Balaban J connectivity index is 1.98. The number of nitrogens with zero attached hydrogens (tertiary/aromatic N) is 1. The van der Waals surface area contributed by atoms with Crippen LogP contribution in [0, 0.1) is 6.92 Å². The second-order valence-corrected chi connectivity index (χ2v) is 5.93. The second-order valence-electron chi connectivity index (χ2n) is 5.52. The number of benzene rings is 2. The van der Waals surface area contributed by atoms with E-state index in [-0.39, 0.29) is 12.5 Å². The minimum atomic E-state index is -0.293. The SMILES string of the molecule is COc1cc(/C=N/NC(=O)CNc2cccc(Cl)c2C)cc(OC)c1OC. The molecule has 2 aromatic carbocycles. The van der Waals surface area contributed by atoms with Crippen LogP contribution in [0.1, 0.15) is 11.1 Å². The largest absolute Gasteiger partial charge is 0.493 e. The van der Waals surface area contributed by atoms with E-state index in [0.29, 0.717) is 27.8 Å². The molecule has 0 aliphatic heterocycles. The predicted molar refractivity (Wildman–Crippen MR) is 107 cm³/mol. The molecular weight excluding hydrogens is 370 g/mol. The maximum atomic E-state index is 12.0. The maximum Gasteiger partial charge on any atom is 0.259 e. The van der Waals surface area contributed by atoms with Gasteiger partial charge in [0, 0.05) is 16.3 Å². The third kappa shape index (κ3) is 5.27. The molecule has 0 unspecified atom stereocenters. The van der Waals surface area contributed by atoms with Gasteiger partial charge in [0.15, 0.2) is 11.5 Å². The highest BCUT2D eigenvalue weighted by molar-refractivity contribution is 6.31. The number of hydrazone groups is 1. The zero-order valence-electron chi connectivity index (χ0n) is 15.6. The molecule has 8 heteroatoms. The van der Waals surface area contributed by atoms with Crippen LogP contribution in [0.4, 0.5) is 5.69 Å². The first-order valence-electron chi connectivity index (χ1n) is 8.11. The lowest BCUT2D eigenvalue weighted by molar-refractivity contribution is -0.119. The molecule has 0 spiro atoms. The Hall–Kier alpha value is -2.93. The van der Waals surface area contributed by atoms with Gasteiger partial charge in [-0.3, -0.25) is 4.79 Å². The van der Waals surface area contributed by atoms with Gasteiger partial charge in [-0.2, -0.15) is 5.10 Å². The first kappa shape index (κ1) is 20.4. The zero-order chi connectivity index (χ0) is 19.8. The van der Waals surface area contributed by atoms with Crippen LogP contribution in [0.5, 0.6) is 17.2 Å². The van der Waals surface area contributed by atoms with Crippen molar-refractivity contribution in [3.63, 3.8) is 0 Å². The molecule has 2 rings (SSSR count). The number of hydrogen-bond acceptors (Lipinski definition) is 6. The van der Waals surface area contributed by atoms with Gasteiger partial charge in [0.2, 0.25) is 5.75 Å². The Labute approximate surface area is 163 Å². The van der Waals surface area contributed by atoms with Crippen LogP contribution in [-0.2, 0) is 4.79 Å². The normalized spacial score (nSPS) is 10.6. The second kappa shape index (κ2) is 9.68. The fourth-order valence-corrected chi connectivity index (χ4v) is 2.54. The summed E-state index contributed by atoms with van der Waals surface area (Å²) in [5.41, 5.74) is 4.82. The number of anilines is 1. The van der Waals surface area contributed by atoms with Crippen LogP contribution in [0.25, 0.3) is 0 Å². The molecule has 0 aliphatic rings. The van der Waals surface area contributed by atoms with Gasteiger partial charge >= 0.3 is 0 Å². The Morgan fingerprint density at radius 2 is 1.81 bits per heavy atom. The Bertz CT molecular complexity index is 815. The quantitative estimate of drug-likeness (QED) is 0.533. The minimum absolute atomic E-state index is 0.0633. The summed E-state index contributed by atoms with van der Waals surface area (Å²) in [6, 6.07) is 8.92. The van der Waals surface area contributed by atoms with E-state index in [1.807, 2.05) is 19.1 Å². The molecule has 0 heterocycles. The lowest BCUT2D eigenvalue weighted by Gasteiger charge is -2.12. The average Bonchev–Trinajstić information content (AvgIpc) is 2.68. The molecule has 0 saturated carbocycles. The summed E-state index contributed by atoms with van der Waals surface area (Å²) in [4.78, 5) is 12.0. The molecule has 0 aromatic heterocycles. The molecule has 0 bridgehead atoms. The van der Waals surface area contributed by atoms with Crippen molar-refractivity contribution >= 4 is 29.4 Å². The van der Waals surface area contributed by atoms with Gasteiger partial charge in [-0.15, -0.1) is 0 Å². The molecule has 0 radical (unpaired) electrons. The van der Waals surface area contributed by atoms with Crippen LogP contribution in [0.15, 0.2) is 35.4 Å². The summed E-state index contributed by atoms with van der Waals surface area (Å²) in [7, 11) is 4.59.